The maximum Gasteiger partial charge on any atom is 0.0856 e. The molecule has 0 saturated carbocycles. The summed E-state index contributed by atoms with van der Waals surface area (Å²) >= 11 is 0. The average molecular weight is 207 g/mol. The number of aliphatic hydroxyl groups excluding tert-OH is 1. The van der Waals surface area contributed by atoms with E-state index >= 15 is 0 Å². The second kappa shape index (κ2) is 6.03. The molecule has 1 aromatic rings. The molecule has 5 nitrogen and oxygen atoms in total. The second-order valence-corrected chi connectivity index (χ2v) is 3.08. The van der Waals surface area contributed by atoms with Crippen LogP contribution in [0.1, 0.15) is 17.2 Å². The lowest BCUT2D eigenvalue weighted by Crippen LogP contribution is -2.00. The van der Waals surface area contributed by atoms with Crippen molar-refractivity contribution in [3.8, 4) is 0 Å². The van der Waals surface area contributed by atoms with Gasteiger partial charge >= 0.3 is 0 Å². The van der Waals surface area contributed by atoms with Gasteiger partial charge in [0, 0.05) is 12.0 Å². The van der Waals surface area contributed by atoms with Crippen LogP contribution in [-0.2, 0) is 11.3 Å². The molecule has 0 radical (unpaired) electrons. The van der Waals surface area contributed by atoms with Crippen LogP contribution in [0.3, 0.4) is 0 Å². The normalized spacial score (nSPS) is 11.9. The predicted molar refractivity (Wildman–Crippen MR) is 56.1 cm³/mol. The van der Waals surface area contributed by atoms with E-state index < -0.39 is 6.04 Å². The summed E-state index contributed by atoms with van der Waals surface area (Å²) in [6.07, 6.45) is 0. The van der Waals surface area contributed by atoms with Gasteiger partial charge in [0.1, 0.15) is 0 Å². The summed E-state index contributed by atoms with van der Waals surface area (Å²) < 4.78 is 4.97. The van der Waals surface area contributed by atoms with E-state index in [2.05, 4.69) is 10.0 Å². The highest BCUT2D eigenvalue weighted by Gasteiger charge is 2.07. The average Bonchev–Trinajstić information content (AvgIpc) is 2.28. The monoisotopic (exact) mass is 207 g/mol. The van der Waals surface area contributed by atoms with E-state index in [9.17, 15) is 0 Å². The first-order valence-electron chi connectivity index (χ1n) is 4.54. The maximum atomic E-state index is 8.99. The Kier molecular flexibility index (Phi) is 4.63. The number of ether oxygens (including phenoxy) is 1. The van der Waals surface area contributed by atoms with Crippen molar-refractivity contribution >= 4 is 0 Å². The zero-order valence-electron chi connectivity index (χ0n) is 8.50. The smallest absolute Gasteiger partial charge is 0.0856 e. The number of nitrogens with zero attached hydrogens (tertiary/aromatic N) is 3. The third-order valence-electron chi connectivity index (χ3n) is 2.04. The highest BCUT2D eigenvalue weighted by Crippen LogP contribution is 2.17. The first kappa shape index (κ1) is 11.5. The SMILES string of the molecule is COCc1ccc(C(CO)N=[N+]=[N-])cc1. The van der Waals surface area contributed by atoms with E-state index in [4.69, 9.17) is 15.4 Å². The van der Waals surface area contributed by atoms with Gasteiger partial charge in [0.15, 0.2) is 0 Å². The van der Waals surface area contributed by atoms with Gasteiger partial charge in [-0.15, -0.1) is 0 Å². The summed E-state index contributed by atoms with van der Waals surface area (Å²) in [4.78, 5) is 2.68. The van der Waals surface area contributed by atoms with Gasteiger partial charge in [-0.25, -0.2) is 0 Å². The number of rotatable bonds is 5. The van der Waals surface area contributed by atoms with Crippen molar-refractivity contribution in [3.05, 3.63) is 45.8 Å². The summed E-state index contributed by atoms with van der Waals surface area (Å²) in [5.41, 5.74) is 10.1. The van der Waals surface area contributed by atoms with Crippen LogP contribution in [0.25, 0.3) is 10.4 Å². The lowest BCUT2D eigenvalue weighted by atomic mass is 10.1. The van der Waals surface area contributed by atoms with E-state index in [1.54, 1.807) is 7.11 Å². The molecule has 0 aliphatic heterocycles. The third kappa shape index (κ3) is 3.25. The van der Waals surface area contributed by atoms with Crippen LogP contribution in [-0.4, -0.2) is 18.8 Å². The molecule has 0 heterocycles. The van der Waals surface area contributed by atoms with Gasteiger partial charge in [0.05, 0.1) is 19.3 Å². The van der Waals surface area contributed by atoms with Crippen molar-refractivity contribution in [2.45, 2.75) is 12.6 Å². The van der Waals surface area contributed by atoms with E-state index in [-0.39, 0.29) is 6.61 Å². The molecule has 1 unspecified atom stereocenters. The summed E-state index contributed by atoms with van der Waals surface area (Å²) in [6, 6.07) is 6.91. The standard InChI is InChI=1S/C10H13N3O2/c1-15-7-8-2-4-9(5-3-8)10(6-14)12-13-11/h2-5,10,14H,6-7H2,1H3. The van der Waals surface area contributed by atoms with Crippen LogP contribution < -0.4 is 0 Å². The third-order valence-corrected chi connectivity index (χ3v) is 2.04. The maximum absolute atomic E-state index is 8.99. The molecule has 0 spiro atoms. The predicted octanol–water partition coefficient (Wildman–Crippen LogP) is 2.18. The Bertz CT molecular complexity index is 344. The lowest BCUT2D eigenvalue weighted by molar-refractivity contribution is 0.185. The van der Waals surface area contributed by atoms with Gasteiger partial charge in [0.25, 0.3) is 0 Å². The Hall–Kier alpha value is -1.55. The van der Waals surface area contributed by atoms with E-state index in [0.717, 1.165) is 11.1 Å². The summed E-state index contributed by atoms with van der Waals surface area (Å²) in [5.74, 6) is 0. The Morgan fingerprint density at radius 1 is 1.47 bits per heavy atom. The molecule has 0 aliphatic rings. The molecule has 1 rings (SSSR count). The summed E-state index contributed by atoms with van der Waals surface area (Å²) in [7, 11) is 1.63. The molecular formula is C10H13N3O2. The van der Waals surface area contributed by atoms with Crippen LogP contribution in [0.4, 0.5) is 0 Å². The Morgan fingerprint density at radius 2 is 2.13 bits per heavy atom. The molecule has 5 heteroatoms. The molecule has 1 N–H and O–H groups in total. The molecule has 80 valence electrons. The van der Waals surface area contributed by atoms with E-state index in [0.29, 0.717) is 6.61 Å². The van der Waals surface area contributed by atoms with Crippen LogP contribution in [0, 0.1) is 0 Å². The molecule has 15 heavy (non-hydrogen) atoms. The number of benzene rings is 1. The number of hydrogen-bond donors (Lipinski definition) is 1. The van der Waals surface area contributed by atoms with Gasteiger partial charge in [-0.3, -0.25) is 0 Å². The molecule has 0 aromatic heterocycles. The van der Waals surface area contributed by atoms with Crippen molar-refractivity contribution in [2.75, 3.05) is 13.7 Å². The Morgan fingerprint density at radius 3 is 2.60 bits per heavy atom. The number of hydrogen-bond acceptors (Lipinski definition) is 3. The van der Waals surface area contributed by atoms with Crippen LogP contribution in [0.5, 0.6) is 0 Å². The van der Waals surface area contributed by atoms with Crippen LogP contribution in [0.15, 0.2) is 29.4 Å². The van der Waals surface area contributed by atoms with Crippen molar-refractivity contribution in [1.29, 1.82) is 0 Å². The lowest BCUT2D eigenvalue weighted by Gasteiger charge is -2.08. The zero-order valence-corrected chi connectivity index (χ0v) is 8.50. The van der Waals surface area contributed by atoms with Crippen LogP contribution in [0.2, 0.25) is 0 Å². The fourth-order valence-corrected chi connectivity index (χ4v) is 1.27. The fourth-order valence-electron chi connectivity index (χ4n) is 1.27. The zero-order chi connectivity index (χ0) is 11.1. The number of aliphatic hydroxyl groups is 1. The Balaban J connectivity index is 2.81. The van der Waals surface area contributed by atoms with Crippen molar-refractivity contribution in [1.82, 2.24) is 0 Å². The van der Waals surface area contributed by atoms with Crippen molar-refractivity contribution < 1.29 is 9.84 Å². The van der Waals surface area contributed by atoms with Gasteiger partial charge in [-0.1, -0.05) is 29.4 Å². The van der Waals surface area contributed by atoms with Crippen molar-refractivity contribution in [2.24, 2.45) is 5.11 Å². The summed E-state index contributed by atoms with van der Waals surface area (Å²) in [6.45, 7) is 0.360. The topological polar surface area (TPSA) is 78.2 Å². The molecule has 0 amide bonds. The molecular weight excluding hydrogens is 194 g/mol. The molecule has 0 aliphatic carbocycles. The molecule has 0 saturated heterocycles. The Labute approximate surface area is 87.9 Å². The largest absolute Gasteiger partial charge is 0.396 e. The van der Waals surface area contributed by atoms with Gasteiger partial charge in [-0.05, 0) is 16.7 Å². The minimum Gasteiger partial charge on any atom is -0.396 e. The molecule has 1 aromatic carbocycles. The van der Waals surface area contributed by atoms with Crippen molar-refractivity contribution in [3.63, 3.8) is 0 Å². The fraction of sp³-hybridized carbons (Fsp3) is 0.400. The first-order valence-corrected chi connectivity index (χ1v) is 4.54. The quantitative estimate of drug-likeness (QED) is 0.456. The van der Waals surface area contributed by atoms with Gasteiger partial charge in [-0.2, -0.15) is 0 Å². The van der Waals surface area contributed by atoms with Gasteiger partial charge < -0.3 is 9.84 Å². The molecule has 1 atom stereocenters. The highest BCUT2D eigenvalue weighted by molar-refractivity contribution is 5.24. The molecule has 0 fully saturated rings. The molecule has 0 bridgehead atoms. The van der Waals surface area contributed by atoms with Crippen LogP contribution >= 0.6 is 0 Å². The minimum absolute atomic E-state index is 0.187. The highest BCUT2D eigenvalue weighted by atomic mass is 16.5. The van der Waals surface area contributed by atoms with E-state index in [1.807, 2.05) is 24.3 Å². The number of methoxy groups -OCH3 is 1. The van der Waals surface area contributed by atoms with E-state index in [1.165, 1.54) is 0 Å². The minimum atomic E-state index is -0.508. The van der Waals surface area contributed by atoms with Gasteiger partial charge in [0.2, 0.25) is 0 Å². The number of azide groups is 1. The second-order valence-electron chi connectivity index (χ2n) is 3.08. The first-order chi connectivity index (χ1) is 7.31. The summed E-state index contributed by atoms with van der Waals surface area (Å²) in [5, 5.41) is 12.5.